The molecule has 0 spiro atoms. The number of hydrogen-bond donors (Lipinski definition) is 0. The van der Waals surface area contributed by atoms with E-state index in [2.05, 4.69) is 84.3 Å². The van der Waals surface area contributed by atoms with Gasteiger partial charge in [0.25, 0.3) is 0 Å². The summed E-state index contributed by atoms with van der Waals surface area (Å²) >= 11 is 0. The summed E-state index contributed by atoms with van der Waals surface area (Å²) in [5.41, 5.74) is 4.19. The molecule has 21 heavy (non-hydrogen) atoms. The van der Waals surface area contributed by atoms with E-state index < -0.39 is 0 Å². The molecule has 0 aliphatic heterocycles. The van der Waals surface area contributed by atoms with Crippen molar-refractivity contribution in [3.63, 3.8) is 0 Å². The molecule has 2 nitrogen and oxygen atoms in total. The number of para-hydroxylation sites is 1. The summed E-state index contributed by atoms with van der Waals surface area (Å²) in [5, 5.41) is 1.56. The Labute approximate surface area is 131 Å². The zero-order valence-corrected chi connectivity index (χ0v) is 14.7. The molecule has 0 radical (unpaired) electrons. The Balaban J connectivity index is 2.54. The fraction of sp³-hybridized carbons (Fsp3) is 0.529. The molecule has 1 heterocycles. The largest absolute Gasteiger partial charge is 0.350 e. The van der Waals surface area contributed by atoms with Crippen LogP contribution in [-0.2, 0) is 7.05 Å². The maximum absolute atomic E-state index is 2.56. The normalized spacial score (nSPS) is 14.0. The van der Waals surface area contributed by atoms with Gasteiger partial charge in [-0.1, -0.05) is 39.0 Å². The van der Waals surface area contributed by atoms with Gasteiger partial charge in [-0.3, -0.25) is 0 Å². The monoisotopic (exact) mass is 282 g/mol. The highest BCUT2D eigenvalue weighted by atomic mass is 15.2. The van der Waals surface area contributed by atoms with Gasteiger partial charge in [-0.05, 0) is 42.4 Å². The van der Waals surface area contributed by atoms with Gasteiger partial charge in [0.1, 0.15) is 15.7 Å². The van der Waals surface area contributed by atoms with Crippen LogP contribution in [0.4, 0.5) is 0 Å². The summed E-state index contributed by atoms with van der Waals surface area (Å²) < 4.78 is 2.29. The van der Waals surface area contributed by atoms with Gasteiger partial charge in [0.05, 0.1) is 5.52 Å². The number of benzene rings is 1. The number of nitrogens with zero attached hydrogens (tertiary/aromatic N) is 2. The third-order valence-electron chi connectivity index (χ3n) is 5.34. The summed E-state index contributed by atoms with van der Waals surface area (Å²) in [5.74, 6) is 0.489. The van der Waals surface area contributed by atoms with Crippen LogP contribution in [0.5, 0.6) is 0 Å². The van der Waals surface area contributed by atoms with E-state index in [1.165, 1.54) is 22.0 Å². The number of likely N-dealkylation sites (N-methyl/N-ethyl adjacent to an activating group) is 1. The highest BCUT2D eigenvalue weighted by Crippen LogP contribution is 2.35. The second-order valence-electron chi connectivity index (χ2n) is 6.71. The Morgan fingerprint density at radius 2 is 1.86 bits per heavy atom. The quantitative estimate of drug-likeness (QED) is 0.760. The summed E-state index contributed by atoms with van der Waals surface area (Å²) in [4.78, 5) is 2.56. The molecule has 1 unspecified atom stereocenters. The van der Waals surface area contributed by atoms with Crippen molar-refractivity contribution < 1.29 is 0 Å². The van der Waals surface area contributed by atoms with Crippen LogP contribution < -0.4 is 0 Å². The highest BCUT2D eigenvalue weighted by Gasteiger charge is 2.33. The molecule has 2 aromatic rings. The van der Waals surface area contributed by atoms with E-state index in [4.69, 9.17) is 0 Å². The van der Waals surface area contributed by atoms with Crippen molar-refractivity contribution in [3.05, 3.63) is 35.5 Å². The molecule has 1 aromatic heterocycles. The van der Waals surface area contributed by atoms with E-state index in [0.717, 1.165) is 13.1 Å². The lowest BCUT2D eigenvalue weighted by atomic mass is 9.53. The van der Waals surface area contributed by atoms with Gasteiger partial charge in [0.2, 0.25) is 0 Å². The van der Waals surface area contributed by atoms with Crippen molar-refractivity contribution in [2.24, 2.45) is 7.05 Å². The van der Waals surface area contributed by atoms with E-state index in [1.807, 2.05) is 0 Å². The van der Waals surface area contributed by atoms with E-state index in [0.29, 0.717) is 5.92 Å². The minimum atomic E-state index is 0.154. The summed E-state index contributed by atoms with van der Waals surface area (Å²) in [6, 6.07) is 6.65. The van der Waals surface area contributed by atoms with Crippen molar-refractivity contribution in [1.29, 1.82) is 0 Å². The summed E-state index contributed by atoms with van der Waals surface area (Å²) in [7, 11) is 6.91. The Kier molecular flexibility index (Phi) is 4.57. The molecule has 1 aromatic carbocycles. The van der Waals surface area contributed by atoms with Crippen LogP contribution in [0.15, 0.2) is 24.4 Å². The van der Waals surface area contributed by atoms with Crippen LogP contribution in [0.3, 0.4) is 0 Å². The molecule has 0 amide bonds. The molecule has 2 rings (SSSR count). The topological polar surface area (TPSA) is 8.17 Å². The Morgan fingerprint density at radius 3 is 2.43 bits per heavy atom. The molecule has 0 aliphatic carbocycles. The van der Waals surface area contributed by atoms with Crippen LogP contribution in [0, 0.1) is 6.92 Å². The van der Waals surface area contributed by atoms with Crippen molar-refractivity contribution in [2.75, 3.05) is 13.1 Å². The third-order valence-corrected chi connectivity index (χ3v) is 5.34. The first kappa shape index (κ1) is 16.2. The van der Waals surface area contributed by atoms with E-state index in [1.54, 1.807) is 0 Å². The van der Waals surface area contributed by atoms with Crippen molar-refractivity contribution in [2.45, 2.75) is 39.0 Å². The lowest BCUT2D eigenvalue weighted by Gasteiger charge is -2.42. The average Bonchev–Trinajstić information content (AvgIpc) is 2.77. The zero-order chi connectivity index (χ0) is 15.8. The molecule has 1 atom stereocenters. The number of aromatic nitrogens is 1. The van der Waals surface area contributed by atoms with Crippen LogP contribution >= 0.6 is 0 Å². The second-order valence-corrected chi connectivity index (χ2v) is 6.71. The minimum Gasteiger partial charge on any atom is -0.350 e. The minimum absolute atomic E-state index is 0.154. The van der Waals surface area contributed by atoms with Crippen LogP contribution in [-0.4, -0.2) is 43.6 Å². The van der Waals surface area contributed by atoms with Crippen molar-refractivity contribution in [3.8, 4) is 0 Å². The molecule has 0 fully saturated rings. The molecule has 0 bridgehead atoms. The third kappa shape index (κ3) is 2.66. The molecule has 0 aliphatic rings. The van der Waals surface area contributed by atoms with Gasteiger partial charge in [-0.15, -0.1) is 0 Å². The molecule has 112 valence electrons. The standard InChI is InChI=1S/C17H28B2N2/c1-6-21(7-2)17(18,19)13(4)15-11-20(5)16-12(3)9-8-10-14(15)16/h8-11,13H,6-7,18-19H2,1-5H3. The molecule has 0 saturated carbocycles. The van der Waals surface area contributed by atoms with Gasteiger partial charge in [0.15, 0.2) is 0 Å². The SMILES string of the molecule is BC(B)(C(C)c1cn(C)c2c(C)cccc12)N(CC)CC. The lowest BCUT2D eigenvalue weighted by Crippen LogP contribution is -2.53. The molecule has 4 heteroatoms. The van der Waals surface area contributed by atoms with Gasteiger partial charge in [-0.25, -0.2) is 0 Å². The van der Waals surface area contributed by atoms with E-state index in [-0.39, 0.29) is 5.34 Å². The van der Waals surface area contributed by atoms with Gasteiger partial charge in [-0.2, -0.15) is 0 Å². The Morgan fingerprint density at radius 1 is 1.24 bits per heavy atom. The predicted octanol–water partition coefficient (Wildman–Crippen LogP) is 1.85. The smallest absolute Gasteiger partial charge is 0.117 e. The van der Waals surface area contributed by atoms with Crippen LogP contribution in [0.25, 0.3) is 10.9 Å². The van der Waals surface area contributed by atoms with Crippen molar-refractivity contribution >= 4 is 26.6 Å². The summed E-state index contributed by atoms with van der Waals surface area (Å²) in [6.45, 7) is 11.3. The van der Waals surface area contributed by atoms with Gasteiger partial charge < -0.3 is 9.47 Å². The highest BCUT2D eigenvalue weighted by molar-refractivity contribution is 6.40. The second kappa shape index (κ2) is 5.92. The van der Waals surface area contributed by atoms with Crippen LogP contribution in [0.2, 0.25) is 0 Å². The van der Waals surface area contributed by atoms with Gasteiger partial charge >= 0.3 is 0 Å². The molecular weight excluding hydrogens is 254 g/mol. The van der Waals surface area contributed by atoms with E-state index >= 15 is 0 Å². The lowest BCUT2D eigenvalue weighted by molar-refractivity contribution is 0.223. The number of hydrogen-bond acceptors (Lipinski definition) is 1. The van der Waals surface area contributed by atoms with Crippen molar-refractivity contribution in [1.82, 2.24) is 9.47 Å². The first-order chi connectivity index (χ1) is 9.84. The van der Waals surface area contributed by atoms with Crippen LogP contribution in [0.1, 0.15) is 37.8 Å². The molecule has 0 saturated heterocycles. The zero-order valence-electron chi connectivity index (χ0n) is 14.7. The molecule has 0 N–H and O–H groups in total. The first-order valence-electron chi connectivity index (χ1n) is 8.14. The van der Waals surface area contributed by atoms with Gasteiger partial charge in [0, 0.05) is 18.6 Å². The molecular formula is C17H28B2N2. The Bertz CT molecular complexity index is 627. The average molecular weight is 282 g/mol. The van der Waals surface area contributed by atoms with E-state index in [9.17, 15) is 0 Å². The maximum Gasteiger partial charge on any atom is 0.117 e. The summed E-state index contributed by atoms with van der Waals surface area (Å²) in [6.07, 6.45) is 2.33. The maximum atomic E-state index is 2.56. The number of aryl methyl sites for hydroxylation is 2. The Hall–Kier alpha value is -1.15. The predicted molar refractivity (Wildman–Crippen MR) is 98.8 cm³/mol. The fourth-order valence-corrected chi connectivity index (χ4v) is 3.74. The number of rotatable bonds is 5. The number of fused-ring (bicyclic) bond motifs is 1. The fourth-order valence-electron chi connectivity index (χ4n) is 3.74. The first-order valence-corrected chi connectivity index (χ1v) is 8.14.